The quantitative estimate of drug-likeness (QED) is 0.636. The van der Waals surface area contributed by atoms with Crippen LogP contribution in [-0.4, -0.2) is 5.78 Å². The van der Waals surface area contributed by atoms with Gasteiger partial charge < -0.3 is 11.5 Å². The molecular weight excluding hydrogens is 278 g/mol. The Hall–Kier alpha value is -3.82. The second-order valence-electron chi connectivity index (χ2n) is 4.45. The van der Waals surface area contributed by atoms with Crippen molar-refractivity contribution in [2.24, 2.45) is 0 Å². The predicted octanol–water partition coefficient (Wildman–Crippen LogP) is 1.70. The number of anilines is 2. The van der Waals surface area contributed by atoms with Gasteiger partial charge in [-0.15, -0.1) is 0 Å². The van der Waals surface area contributed by atoms with Crippen LogP contribution in [-0.2, 0) is 0 Å². The number of hydrogen-bond donors (Lipinski definition) is 2. The van der Waals surface area contributed by atoms with E-state index in [0.29, 0.717) is 5.69 Å². The first-order valence-corrected chi connectivity index (χ1v) is 6.10. The molecule has 6 heteroatoms. The lowest BCUT2D eigenvalue weighted by molar-refractivity contribution is 0.103. The Morgan fingerprint density at radius 3 is 1.86 bits per heavy atom. The summed E-state index contributed by atoms with van der Waals surface area (Å²) in [5.41, 5.74) is 12.2. The van der Waals surface area contributed by atoms with Gasteiger partial charge in [0.1, 0.15) is 18.2 Å². The normalized spacial score (nSPS) is 9.32. The highest BCUT2D eigenvalue weighted by Gasteiger charge is 2.16. The number of rotatable bonds is 2. The molecule has 0 aliphatic heterocycles. The summed E-state index contributed by atoms with van der Waals surface area (Å²) in [4.78, 5) is 12.4. The van der Waals surface area contributed by atoms with Crippen LogP contribution in [0, 0.1) is 34.0 Å². The van der Waals surface area contributed by atoms with Crippen LogP contribution in [0.4, 0.5) is 11.4 Å². The van der Waals surface area contributed by atoms with E-state index >= 15 is 0 Å². The SMILES string of the molecule is N#Cc1cc(C(=O)c2ccc(N)c(N)c2)cc(C#N)c1C#N. The average Bonchev–Trinajstić information content (AvgIpc) is 2.55. The maximum absolute atomic E-state index is 12.4. The predicted molar refractivity (Wildman–Crippen MR) is 79.3 cm³/mol. The molecule has 0 heterocycles. The summed E-state index contributed by atoms with van der Waals surface area (Å²) in [6, 6.07) is 12.4. The Balaban J connectivity index is 2.61. The van der Waals surface area contributed by atoms with E-state index in [1.54, 1.807) is 6.07 Å². The van der Waals surface area contributed by atoms with Crippen molar-refractivity contribution in [2.45, 2.75) is 0 Å². The lowest BCUT2D eigenvalue weighted by atomic mass is 9.95. The number of benzene rings is 2. The molecule has 104 valence electrons. The smallest absolute Gasteiger partial charge is 0.193 e. The highest BCUT2D eigenvalue weighted by Crippen LogP contribution is 2.22. The standard InChI is InChI=1S/C16H9N5O/c17-6-11-3-10(4-12(7-18)13(11)8-19)16(22)9-1-2-14(20)15(21)5-9/h1-5H,20-21H2. The van der Waals surface area contributed by atoms with Crippen LogP contribution in [0.3, 0.4) is 0 Å². The molecule has 0 aliphatic rings. The number of nitrogens with two attached hydrogens (primary N) is 2. The Morgan fingerprint density at radius 2 is 1.41 bits per heavy atom. The summed E-state index contributed by atoms with van der Waals surface area (Å²) in [5, 5.41) is 27.1. The van der Waals surface area contributed by atoms with Crippen molar-refractivity contribution < 1.29 is 4.79 Å². The monoisotopic (exact) mass is 287 g/mol. The minimum atomic E-state index is -0.413. The topological polar surface area (TPSA) is 140 Å². The van der Waals surface area contributed by atoms with Crippen molar-refractivity contribution >= 4 is 17.2 Å². The van der Waals surface area contributed by atoms with Gasteiger partial charge in [0.05, 0.1) is 28.1 Å². The van der Waals surface area contributed by atoms with Gasteiger partial charge in [0, 0.05) is 11.1 Å². The molecule has 6 nitrogen and oxygen atoms in total. The van der Waals surface area contributed by atoms with Crippen LogP contribution in [0.15, 0.2) is 30.3 Å². The molecule has 0 bridgehead atoms. The number of nitrogen functional groups attached to an aromatic ring is 2. The second kappa shape index (κ2) is 5.66. The first kappa shape index (κ1) is 14.6. The van der Waals surface area contributed by atoms with Crippen LogP contribution in [0.5, 0.6) is 0 Å². The fourth-order valence-corrected chi connectivity index (χ4v) is 1.95. The Morgan fingerprint density at radius 1 is 0.818 bits per heavy atom. The van der Waals surface area contributed by atoms with Crippen molar-refractivity contribution in [2.75, 3.05) is 11.5 Å². The van der Waals surface area contributed by atoms with Crippen LogP contribution in [0.2, 0.25) is 0 Å². The van der Waals surface area contributed by atoms with Crippen molar-refractivity contribution in [3.8, 4) is 18.2 Å². The third-order valence-corrected chi connectivity index (χ3v) is 3.10. The van der Waals surface area contributed by atoms with Gasteiger partial charge in [-0.05, 0) is 30.3 Å². The molecule has 0 saturated heterocycles. The number of carbonyl (C=O) groups is 1. The maximum Gasteiger partial charge on any atom is 0.193 e. The minimum absolute atomic E-state index is 0.0201. The van der Waals surface area contributed by atoms with Gasteiger partial charge in [0.15, 0.2) is 5.78 Å². The number of nitrogens with zero attached hydrogens (tertiary/aromatic N) is 3. The molecule has 0 aromatic heterocycles. The number of ketones is 1. The van der Waals surface area contributed by atoms with E-state index in [2.05, 4.69) is 0 Å². The van der Waals surface area contributed by atoms with E-state index in [-0.39, 0.29) is 33.5 Å². The maximum atomic E-state index is 12.4. The van der Waals surface area contributed by atoms with Gasteiger partial charge in [0.2, 0.25) is 0 Å². The zero-order valence-electron chi connectivity index (χ0n) is 11.3. The van der Waals surface area contributed by atoms with Crippen LogP contribution in [0.1, 0.15) is 32.6 Å². The molecule has 2 aromatic carbocycles. The van der Waals surface area contributed by atoms with Crippen LogP contribution in [0.25, 0.3) is 0 Å². The molecule has 4 N–H and O–H groups in total. The third kappa shape index (κ3) is 2.43. The first-order valence-electron chi connectivity index (χ1n) is 6.10. The lowest BCUT2D eigenvalue weighted by Crippen LogP contribution is -2.06. The number of carbonyl (C=O) groups excluding carboxylic acids is 1. The molecule has 0 radical (unpaired) electrons. The van der Waals surface area contributed by atoms with E-state index in [0.717, 1.165) is 0 Å². The fraction of sp³-hybridized carbons (Fsp3) is 0. The van der Waals surface area contributed by atoms with Gasteiger partial charge in [-0.3, -0.25) is 4.79 Å². The zero-order valence-corrected chi connectivity index (χ0v) is 11.3. The second-order valence-corrected chi connectivity index (χ2v) is 4.45. The molecule has 0 atom stereocenters. The summed E-state index contributed by atoms with van der Waals surface area (Å²) in [5.74, 6) is -0.413. The third-order valence-electron chi connectivity index (χ3n) is 3.10. The van der Waals surface area contributed by atoms with Gasteiger partial charge in [-0.1, -0.05) is 0 Å². The summed E-state index contributed by atoms with van der Waals surface area (Å²) in [7, 11) is 0. The highest BCUT2D eigenvalue weighted by atomic mass is 16.1. The van der Waals surface area contributed by atoms with Crippen molar-refractivity contribution in [3.63, 3.8) is 0 Å². The van der Waals surface area contributed by atoms with Crippen LogP contribution < -0.4 is 11.5 Å². The molecule has 0 unspecified atom stereocenters. The first-order chi connectivity index (χ1) is 10.5. The van der Waals surface area contributed by atoms with Gasteiger partial charge in [-0.25, -0.2) is 0 Å². The summed E-state index contributed by atoms with van der Waals surface area (Å²) < 4.78 is 0. The highest BCUT2D eigenvalue weighted by molar-refractivity contribution is 6.10. The summed E-state index contributed by atoms with van der Waals surface area (Å²) >= 11 is 0. The van der Waals surface area contributed by atoms with E-state index in [4.69, 9.17) is 27.3 Å². The van der Waals surface area contributed by atoms with Crippen molar-refractivity contribution in [1.29, 1.82) is 15.8 Å². The summed E-state index contributed by atoms with van der Waals surface area (Å²) in [6.07, 6.45) is 0. The van der Waals surface area contributed by atoms with E-state index < -0.39 is 5.78 Å². The van der Waals surface area contributed by atoms with Crippen molar-refractivity contribution in [3.05, 3.63) is 58.1 Å². The molecule has 2 rings (SSSR count). The molecule has 2 aromatic rings. The average molecular weight is 287 g/mol. The molecule has 0 amide bonds. The van der Waals surface area contributed by atoms with E-state index in [1.807, 2.05) is 12.1 Å². The molecule has 0 fully saturated rings. The van der Waals surface area contributed by atoms with Crippen molar-refractivity contribution in [1.82, 2.24) is 0 Å². The zero-order chi connectivity index (χ0) is 16.3. The number of hydrogen-bond acceptors (Lipinski definition) is 6. The van der Waals surface area contributed by atoms with Gasteiger partial charge in [-0.2, -0.15) is 15.8 Å². The molecular formula is C16H9N5O. The number of nitriles is 3. The largest absolute Gasteiger partial charge is 0.397 e. The minimum Gasteiger partial charge on any atom is -0.397 e. The van der Waals surface area contributed by atoms with E-state index in [1.165, 1.54) is 30.3 Å². The molecule has 0 aliphatic carbocycles. The van der Waals surface area contributed by atoms with E-state index in [9.17, 15) is 4.79 Å². The fourth-order valence-electron chi connectivity index (χ4n) is 1.95. The summed E-state index contributed by atoms with van der Waals surface area (Å²) in [6.45, 7) is 0. The Bertz CT molecular complexity index is 875. The van der Waals surface area contributed by atoms with Gasteiger partial charge in [0.25, 0.3) is 0 Å². The molecule has 0 saturated carbocycles. The molecule has 0 spiro atoms. The molecule has 22 heavy (non-hydrogen) atoms. The Labute approximate surface area is 126 Å². The lowest BCUT2D eigenvalue weighted by Gasteiger charge is -2.06. The van der Waals surface area contributed by atoms with Crippen LogP contribution >= 0.6 is 0 Å². The Kier molecular flexibility index (Phi) is 3.76. The van der Waals surface area contributed by atoms with Gasteiger partial charge >= 0.3 is 0 Å².